The molecule has 148 valence electrons. The van der Waals surface area contributed by atoms with Gasteiger partial charge in [-0.2, -0.15) is 0 Å². The zero-order valence-corrected chi connectivity index (χ0v) is 17.4. The Balaban J connectivity index is 1.86. The summed E-state index contributed by atoms with van der Waals surface area (Å²) in [5.74, 6) is 0.0900. The van der Waals surface area contributed by atoms with Crippen molar-refractivity contribution >= 4 is 33.2 Å². The number of fused-ring (bicyclic) bond motifs is 1. The van der Waals surface area contributed by atoms with Crippen LogP contribution in [0.25, 0.3) is 0 Å². The molecule has 0 fully saturated rings. The van der Waals surface area contributed by atoms with E-state index < -0.39 is 12.0 Å². The third kappa shape index (κ3) is 3.85. The zero-order chi connectivity index (χ0) is 20.4. The lowest BCUT2D eigenvalue weighted by atomic mass is 10.0. The summed E-state index contributed by atoms with van der Waals surface area (Å²) >= 11 is 3.43. The highest BCUT2D eigenvalue weighted by Gasteiger charge is 2.35. The molecular formula is C23H20BrFN2O2. The summed E-state index contributed by atoms with van der Waals surface area (Å²) < 4.78 is 20.7. The van der Waals surface area contributed by atoms with E-state index in [2.05, 4.69) is 21.2 Å². The van der Waals surface area contributed by atoms with Crippen LogP contribution in [0.1, 0.15) is 35.4 Å². The largest absolute Gasteiger partial charge is 0.493 e. The fourth-order valence-electron chi connectivity index (χ4n) is 3.44. The van der Waals surface area contributed by atoms with Crippen LogP contribution in [0.3, 0.4) is 0 Å². The molecule has 0 spiro atoms. The molecule has 3 aromatic carbocycles. The molecule has 4 nitrogen and oxygen atoms in total. The zero-order valence-electron chi connectivity index (χ0n) is 15.9. The number of hydrogen-bond donors (Lipinski definition) is 1. The number of halogens is 2. The predicted octanol–water partition coefficient (Wildman–Crippen LogP) is 6.15. The van der Waals surface area contributed by atoms with E-state index in [9.17, 15) is 9.18 Å². The molecule has 1 atom stereocenters. The number of anilines is 2. The lowest BCUT2D eigenvalue weighted by Gasteiger charge is -2.38. The highest BCUT2D eigenvalue weighted by atomic mass is 79.9. The van der Waals surface area contributed by atoms with E-state index in [-0.39, 0.29) is 5.91 Å². The second-order valence-corrected chi connectivity index (χ2v) is 7.69. The number of carbonyl (C=O) groups excluding carboxylic acids is 1. The van der Waals surface area contributed by atoms with Crippen LogP contribution in [0.2, 0.25) is 0 Å². The molecular weight excluding hydrogens is 435 g/mol. The van der Waals surface area contributed by atoms with Gasteiger partial charge in [0.2, 0.25) is 0 Å². The fraction of sp³-hybridized carbons (Fsp3) is 0.174. The molecule has 0 radical (unpaired) electrons. The maximum absolute atomic E-state index is 14.0. The number of hydrogen-bond acceptors (Lipinski definition) is 3. The molecule has 0 unspecified atom stereocenters. The molecule has 1 aliphatic rings. The number of para-hydroxylation sites is 1. The van der Waals surface area contributed by atoms with Crippen molar-refractivity contribution in [2.75, 3.05) is 16.8 Å². The van der Waals surface area contributed by atoms with Gasteiger partial charge < -0.3 is 10.1 Å². The van der Waals surface area contributed by atoms with Gasteiger partial charge >= 0.3 is 0 Å². The number of benzene rings is 3. The fourth-order valence-corrected chi connectivity index (χ4v) is 3.80. The monoisotopic (exact) mass is 454 g/mol. The molecule has 29 heavy (non-hydrogen) atoms. The first-order valence-corrected chi connectivity index (χ1v) is 10.2. The maximum Gasteiger partial charge on any atom is 0.262 e. The molecule has 0 bridgehead atoms. The lowest BCUT2D eigenvalue weighted by Crippen LogP contribution is -2.43. The van der Waals surface area contributed by atoms with Crippen LogP contribution in [-0.4, -0.2) is 12.5 Å². The van der Waals surface area contributed by atoms with Gasteiger partial charge in [-0.1, -0.05) is 47.1 Å². The van der Waals surface area contributed by atoms with E-state index in [1.54, 1.807) is 23.1 Å². The van der Waals surface area contributed by atoms with E-state index in [1.165, 1.54) is 12.1 Å². The Kier molecular flexibility index (Phi) is 5.53. The van der Waals surface area contributed by atoms with Crippen LogP contribution in [0.4, 0.5) is 15.8 Å². The first-order chi connectivity index (χ1) is 14.1. The van der Waals surface area contributed by atoms with Crippen molar-refractivity contribution in [1.82, 2.24) is 0 Å². The summed E-state index contributed by atoms with van der Waals surface area (Å²) in [6, 6.07) is 19.2. The smallest absolute Gasteiger partial charge is 0.262 e. The molecule has 3 aromatic rings. The first kappa shape index (κ1) is 19.5. The Bertz CT molecular complexity index is 1060. The second kappa shape index (κ2) is 8.25. The van der Waals surface area contributed by atoms with E-state index in [0.717, 1.165) is 22.1 Å². The minimum atomic E-state index is -0.536. The van der Waals surface area contributed by atoms with Crippen molar-refractivity contribution in [3.63, 3.8) is 0 Å². The second-order valence-electron chi connectivity index (χ2n) is 6.78. The Morgan fingerprint density at radius 1 is 1.10 bits per heavy atom. The van der Waals surface area contributed by atoms with Gasteiger partial charge in [0.25, 0.3) is 5.91 Å². The van der Waals surface area contributed by atoms with Crippen LogP contribution in [0.15, 0.2) is 71.2 Å². The van der Waals surface area contributed by atoms with Crippen LogP contribution in [0, 0.1) is 5.82 Å². The number of rotatable bonds is 5. The molecule has 0 aromatic heterocycles. The average Bonchev–Trinajstić information content (AvgIpc) is 2.73. The Morgan fingerprint density at radius 3 is 2.72 bits per heavy atom. The van der Waals surface area contributed by atoms with Crippen LogP contribution in [0.5, 0.6) is 5.75 Å². The van der Waals surface area contributed by atoms with E-state index >= 15 is 0 Å². The molecule has 0 saturated carbocycles. The number of ether oxygens (including phenoxy) is 1. The topological polar surface area (TPSA) is 41.6 Å². The maximum atomic E-state index is 14.0. The van der Waals surface area contributed by atoms with Gasteiger partial charge in [0.05, 0.1) is 12.2 Å². The summed E-state index contributed by atoms with van der Waals surface area (Å²) in [6.45, 7) is 2.61. The van der Waals surface area contributed by atoms with Crippen molar-refractivity contribution in [3.05, 3.63) is 88.1 Å². The number of nitrogens with one attached hydrogen (secondary N) is 1. The molecule has 4 rings (SSSR count). The molecule has 1 amide bonds. The molecule has 1 heterocycles. The summed E-state index contributed by atoms with van der Waals surface area (Å²) in [6.07, 6.45) is 0.335. The van der Waals surface area contributed by atoms with E-state index in [0.29, 0.717) is 23.6 Å². The Labute approximate surface area is 177 Å². The molecule has 0 saturated heterocycles. The summed E-state index contributed by atoms with van der Waals surface area (Å²) in [7, 11) is 0. The standard InChI is InChI=1S/C23H20BrFN2O2/c1-2-12-29-21-9-4-3-8-18(21)22-26-20-11-10-15(24)13-19(20)23(28)27(22)17-7-5-6-16(25)14-17/h3-11,13-14,22,26H,2,12H2,1H3/t22-/m0/s1. The van der Waals surface area contributed by atoms with Gasteiger partial charge in [0.1, 0.15) is 17.7 Å². The highest BCUT2D eigenvalue weighted by molar-refractivity contribution is 9.10. The minimum Gasteiger partial charge on any atom is -0.493 e. The quantitative estimate of drug-likeness (QED) is 0.502. The Morgan fingerprint density at radius 2 is 1.93 bits per heavy atom. The van der Waals surface area contributed by atoms with E-state index in [4.69, 9.17) is 4.74 Å². The van der Waals surface area contributed by atoms with Crippen molar-refractivity contribution < 1.29 is 13.9 Å². The van der Waals surface area contributed by atoms with Crippen molar-refractivity contribution in [1.29, 1.82) is 0 Å². The van der Waals surface area contributed by atoms with Crippen LogP contribution < -0.4 is 15.0 Å². The summed E-state index contributed by atoms with van der Waals surface area (Å²) in [4.78, 5) is 15.1. The van der Waals surface area contributed by atoms with Crippen LogP contribution in [-0.2, 0) is 0 Å². The van der Waals surface area contributed by atoms with Gasteiger partial charge in [-0.15, -0.1) is 0 Å². The van der Waals surface area contributed by atoms with Crippen LogP contribution >= 0.6 is 15.9 Å². The normalized spacial score (nSPS) is 15.6. The molecule has 1 N–H and O–H groups in total. The van der Waals surface area contributed by atoms with E-state index in [1.807, 2.05) is 43.3 Å². The average molecular weight is 455 g/mol. The molecule has 6 heteroatoms. The van der Waals surface area contributed by atoms with Gasteiger partial charge in [-0.25, -0.2) is 4.39 Å². The number of nitrogens with zero attached hydrogens (tertiary/aromatic N) is 1. The van der Waals surface area contributed by atoms with Gasteiger partial charge in [0, 0.05) is 21.4 Å². The van der Waals surface area contributed by atoms with Gasteiger partial charge in [0.15, 0.2) is 0 Å². The SMILES string of the molecule is CCCOc1ccccc1[C@H]1Nc2ccc(Br)cc2C(=O)N1c1cccc(F)c1. The number of carbonyl (C=O) groups is 1. The highest BCUT2D eigenvalue weighted by Crippen LogP contribution is 2.40. The van der Waals surface area contributed by atoms with Crippen molar-refractivity contribution in [3.8, 4) is 5.75 Å². The summed E-state index contributed by atoms with van der Waals surface area (Å²) in [5.41, 5.74) is 2.53. The molecule has 0 aliphatic carbocycles. The van der Waals surface area contributed by atoms with Crippen molar-refractivity contribution in [2.24, 2.45) is 0 Å². The minimum absolute atomic E-state index is 0.207. The third-order valence-electron chi connectivity index (χ3n) is 4.74. The van der Waals surface area contributed by atoms with Gasteiger partial charge in [-0.05, 0) is 48.9 Å². The number of amides is 1. The first-order valence-electron chi connectivity index (χ1n) is 9.45. The predicted molar refractivity (Wildman–Crippen MR) is 116 cm³/mol. The lowest BCUT2D eigenvalue weighted by molar-refractivity contribution is 0.0974. The molecule has 1 aliphatic heterocycles. The third-order valence-corrected chi connectivity index (χ3v) is 5.24. The van der Waals surface area contributed by atoms with Gasteiger partial charge in [-0.3, -0.25) is 9.69 Å². The Hall–Kier alpha value is -2.86. The van der Waals surface area contributed by atoms with Crippen molar-refractivity contribution in [2.45, 2.75) is 19.5 Å². The summed E-state index contributed by atoms with van der Waals surface area (Å²) in [5, 5.41) is 3.44.